The molecule has 0 aliphatic rings. The molecule has 1 unspecified atom stereocenters. The van der Waals surface area contributed by atoms with Crippen molar-refractivity contribution in [3.05, 3.63) is 69.2 Å². The monoisotopic (exact) mass is 333 g/mol. The van der Waals surface area contributed by atoms with E-state index in [1.165, 1.54) is 6.07 Å². The molecule has 21 heavy (non-hydrogen) atoms. The number of hydrogen-bond donors (Lipinski definition) is 1. The zero-order valence-electron chi connectivity index (χ0n) is 11.0. The Hall–Kier alpha value is -1.23. The van der Waals surface area contributed by atoms with Gasteiger partial charge < -0.3 is 5.32 Å². The van der Waals surface area contributed by atoms with Crippen molar-refractivity contribution in [1.29, 1.82) is 0 Å². The van der Waals surface area contributed by atoms with Crippen LogP contribution in [0.2, 0.25) is 10.0 Å². The summed E-state index contributed by atoms with van der Waals surface area (Å²) < 4.78 is 38.4. The molecule has 1 nitrogen and oxygen atoms in total. The van der Waals surface area contributed by atoms with Crippen molar-refractivity contribution in [3.8, 4) is 0 Å². The van der Waals surface area contributed by atoms with E-state index < -0.39 is 17.8 Å². The topological polar surface area (TPSA) is 12.0 Å². The van der Waals surface area contributed by atoms with Gasteiger partial charge in [0, 0.05) is 0 Å². The van der Waals surface area contributed by atoms with Crippen molar-refractivity contribution in [1.82, 2.24) is 5.32 Å². The number of hydrogen-bond acceptors (Lipinski definition) is 1. The molecule has 1 atom stereocenters. The van der Waals surface area contributed by atoms with E-state index >= 15 is 0 Å². The quantitative estimate of drug-likeness (QED) is 0.801. The average molecular weight is 334 g/mol. The Morgan fingerprint density at radius 3 is 2.33 bits per heavy atom. The van der Waals surface area contributed by atoms with Gasteiger partial charge in [-0.2, -0.15) is 13.2 Å². The minimum Gasteiger partial charge on any atom is -0.309 e. The van der Waals surface area contributed by atoms with Crippen LogP contribution in [0.5, 0.6) is 0 Å². The first-order valence-corrected chi connectivity index (χ1v) is 6.88. The fourth-order valence-corrected chi connectivity index (χ4v) is 2.56. The molecule has 0 spiro atoms. The van der Waals surface area contributed by atoms with E-state index in [1.807, 2.05) is 0 Å². The highest BCUT2D eigenvalue weighted by Crippen LogP contribution is 2.35. The normalized spacial score (nSPS) is 13.2. The maximum atomic E-state index is 12.8. The van der Waals surface area contributed by atoms with Gasteiger partial charge in [-0.25, -0.2) is 0 Å². The lowest BCUT2D eigenvalue weighted by molar-refractivity contribution is -0.137. The number of rotatable bonds is 3. The average Bonchev–Trinajstić information content (AvgIpc) is 2.44. The van der Waals surface area contributed by atoms with Crippen LogP contribution in [0.1, 0.15) is 22.7 Å². The molecule has 0 radical (unpaired) electrons. The van der Waals surface area contributed by atoms with Gasteiger partial charge in [0.15, 0.2) is 0 Å². The molecule has 1 N–H and O–H groups in total. The van der Waals surface area contributed by atoms with Crippen LogP contribution >= 0.6 is 23.2 Å². The molecular weight excluding hydrogens is 322 g/mol. The summed E-state index contributed by atoms with van der Waals surface area (Å²) in [6, 6.07) is 9.74. The molecule has 0 aromatic heterocycles. The highest BCUT2D eigenvalue weighted by molar-refractivity contribution is 6.42. The van der Waals surface area contributed by atoms with E-state index in [4.69, 9.17) is 23.2 Å². The molecule has 0 fully saturated rings. The summed E-state index contributed by atoms with van der Waals surface area (Å²) in [4.78, 5) is 0. The molecular formula is C15H12Cl2F3N. The lowest BCUT2D eigenvalue weighted by atomic mass is 9.97. The first-order chi connectivity index (χ1) is 9.84. The van der Waals surface area contributed by atoms with Gasteiger partial charge in [-0.05, 0) is 36.4 Å². The molecule has 2 rings (SSSR count). The summed E-state index contributed by atoms with van der Waals surface area (Å²) in [6.07, 6.45) is -4.38. The molecule has 0 amide bonds. The Bertz CT molecular complexity index is 641. The van der Waals surface area contributed by atoms with Crippen LogP contribution in [0, 0.1) is 0 Å². The van der Waals surface area contributed by atoms with Gasteiger partial charge >= 0.3 is 6.18 Å². The van der Waals surface area contributed by atoms with Crippen LogP contribution in [0.25, 0.3) is 0 Å². The molecule has 0 heterocycles. The van der Waals surface area contributed by atoms with Gasteiger partial charge in [0.05, 0.1) is 21.7 Å². The second-order valence-corrected chi connectivity index (χ2v) is 5.27. The largest absolute Gasteiger partial charge is 0.416 e. The lowest BCUT2D eigenvalue weighted by Gasteiger charge is -2.20. The summed E-state index contributed by atoms with van der Waals surface area (Å²) >= 11 is 12.1. The van der Waals surface area contributed by atoms with Crippen LogP contribution in [-0.4, -0.2) is 7.05 Å². The predicted octanol–water partition coefficient (Wildman–Crippen LogP) is 5.32. The first kappa shape index (κ1) is 16.1. The van der Waals surface area contributed by atoms with Crippen molar-refractivity contribution in [2.45, 2.75) is 12.2 Å². The molecule has 2 aromatic carbocycles. The fraction of sp³-hybridized carbons (Fsp3) is 0.200. The summed E-state index contributed by atoms with van der Waals surface area (Å²) in [5, 5.41) is 3.66. The van der Waals surface area contributed by atoms with Crippen LogP contribution in [-0.2, 0) is 6.18 Å². The van der Waals surface area contributed by atoms with Crippen LogP contribution < -0.4 is 5.32 Å². The molecule has 0 saturated heterocycles. The third-order valence-electron chi connectivity index (χ3n) is 3.13. The summed E-state index contributed by atoms with van der Waals surface area (Å²) in [5.41, 5.74) is 0.404. The minimum atomic E-state index is -4.38. The Morgan fingerprint density at radius 1 is 1.05 bits per heavy atom. The minimum absolute atomic E-state index is 0.330. The van der Waals surface area contributed by atoms with E-state index in [9.17, 15) is 13.2 Å². The maximum absolute atomic E-state index is 12.8. The Balaban J connectivity index is 2.49. The van der Waals surface area contributed by atoms with Gasteiger partial charge in [-0.15, -0.1) is 0 Å². The SMILES string of the molecule is CNC(c1cccc(C(F)(F)F)c1)c1cccc(Cl)c1Cl. The zero-order valence-corrected chi connectivity index (χ0v) is 12.5. The van der Waals surface area contributed by atoms with E-state index in [1.54, 1.807) is 31.3 Å². The third-order valence-corrected chi connectivity index (χ3v) is 3.96. The third kappa shape index (κ3) is 3.51. The van der Waals surface area contributed by atoms with Gasteiger partial charge in [-0.1, -0.05) is 47.5 Å². The van der Waals surface area contributed by atoms with Crippen molar-refractivity contribution in [3.63, 3.8) is 0 Å². The Labute approximate surface area is 130 Å². The van der Waals surface area contributed by atoms with Crippen molar-refractivity contribution >= 4 is 23.2 Å². The van der Waals surface area contributed by atoms with Gasteiger partial charge in [0.2, 0.25) is 0 Å². The molecule has 0 aliphatic carbocycles. The van der Waals surface area contributed by atoms with E-state index in [0.717, 1.165) is 12.1 Å². The maximum Gasteiger partial charge on any atom is 0.416 e. The van der Waals surface area contributed by atoms with Gasteiger partial charge in [0.25, 0.3) is 0 Å². The summed E-state index contributed by atoms with van der Waals surface area (Å²) in [6.45, 7) is 0. The van der Waals surface area contributed by atoms with Crippen LogP contribution in [0.3, 0.4) is 0 Å². The second-order valence-electron chi connectivity index (χ2n) is 4.49. The van der Waals surface area contributed by atoms with E-state index in [0.29, 0.717) is 21.2 Å². The lowest BCUT2D eigenvalue weighted by Crippen LogP contribution is -2.19. The molecule has 112 valence electrons. The number of benzene rings is 2. The van der Waals surface area contributed by atoms with Gasteiger partial charge in [-0.3, -0.25) is 0 Å². The van der Waals surface area contributed by atoms with Crippen molar-refractivity contribution in [2.75, 3.05) is 7.05 Å². The smallest absolute Gasteiger partial charge is 0.309 e. The van der Waals surface area contributed by atoms with Crippen LogP contribution in [0.4, 0.5) is 13.2 Å². The Kier molecular flexibility index (Phi) is 4.81. The van der Waals surface area contributed by atoms with Crippen LogP contribution in [0.15, 0.2) is 42.5 Å². The second kappa shape index (κ2) is 6.26. The molecule has 0 bridgehead atoms. The highest BCUT2D eigenvalue weighted by atomic mass is 35.5. The van der Waals surface area contributed by atoms with Crippen molar-refractivity contribution in [2.24, 2.45) is 0 Å². The summed E-state index contributed by atoms with van der Waals surface area (Å²) in [5.74, 6) is 0. The van der Waals surface area contributed by atoms with Crippen molar-refractivity contribution < 1.29 is 13.2 Å². The number of halogens is 5. The standard InChI is InChI=1S/C15H12Cl2F3N/c1-21-14(11-6-3-7-12(16)13(11)17)9-4-2-5-10(8-9)15(18,19)20/h2-8,14,21H,1H3. The molecule has 2 aromatic rings. The molecule has 6 heteroatoms. The number of alkyl halides is 3. The fourth-order valence-electron chi connectivity index (χ4n) is 2.14. The molecule has 0 saturated carbocycles. The zero-order chi connectivity index (χ0) is 15.6. The van der Waals surface area contributed by atoms with Gasteiger partial charge in [0.1, 0.15) is 0 Å². The predicted molar refractivity (Wildman–Crippen MR) is 78.8 cm³/mol. The first-order valence-electron chi connectivity index (χ1n) is 6.13. The van der Waals surface area contributed by atoms with E-state index in [-0.39, 0.29) is 0 Å². The van der Waals surface area contributed by atoms with E-state index in [2.05, 4.69) is 5.32 Å². The Morgan fingerprint density at radius 2 is 1.71 bits per heavy atom. The number of nitrogens with one attached hydrogen (secondary N) is 1. The molecule has 0 aliphatic heterocycles. The highest BCUT2D eigenvalue weighted by Gasteiger charge is 2.31. The summed E-state index contributed by atoms with van der Waals surface area (Å²) in [7, 11) is 1.65.